The Morgan fingerprint density at radius 3 is 2.69 bits per heavy atom. The van der Waals surface area contributed by atoms with Gasteiger partial charge >= 0.3 is 0 Å². The molecular formula is C31H25N2O2+. The predicted molar refractivity (Wildman–Crippen MR) is 141 cm³/mol. The zero-order valence-electron chi connectivity index (χ0n) is 19.4. The maximum atomic E-state index is 13.7. The predicted octanol–water partition coefficient (Wildman–Crippen LogP) is 6.69. The lowest BCUT2D eigenvalue weighted by atomic mass is 9.70. The Kier molecular flexibility index (Phi) is 3.90. The van der Waals surface area contributed by atoms with Gasteiger partial charge in [-0.3, -0.25) is 4.79 Å². The fraction of sp³-hybridized carbons (Fsp3) is 0.226. The number of benzene rings is 3. The Morgan fingerprint density at radius 1 is 0.886 bits per heavy atom. The summed E-state index contributed by atoms with van der Waals surface area (Å²) in [6, 6.07) is 23.6. The van der Waals surface area contributed by atoms with Crippen molar-refractivity contribution < 1.29 is 9.21 Å². The summed E-state index contributed by atoms with van der Waals surface area (Å²) in [7, 11) is 0. The third-order valence-corrected chi connectivity index (χ3v) is 8.38. The summed E-state index contributed by atoms with van der Waals surface area (Å²) in [6.07, 6.45) is 10.7. The van der Waals surface area contributed by atoms with Gasteiger partial charge in [0.25, 0.3) is 0 Å². The average molecular weight is 458 g/mol. The van der Waals surface area contributed by atoms with Crippen LogP contribution in [0.2, 0.25) is 0 Å². The third kappa shape index (κ3) is 2.57. The fourth-order valence-electron chi connectivity index (χ4n) is 6.92. The van der Waals surface area contributed by atoms with E-state index < -0.39 is 0 Å². The van der Waals surface area contributed by atoms with Crippen LogP contribution in [0.5, 0.6) is 0 Å². The number of hydrogen-bond donors (Lipinski definition) is 0. The molecule has 0 bridgehead atoms. The quantitative estimate of drug-likeness (QED) is 0.299. The molecule has 3 atom stereocenters. The van der Waals surface area contributed by atoms with E-state index in [0.29, 0.717) is 5.78 Å². The molecule has 3 aromatic carbocycles. The molecule has 1 saturated heterocycles. The Balaban J connectivity index is 1.41. The Labute approximate surface area is 203 Å². The molecule has 3 heterocycles. The van der Waals surface area contributed by atoms with Gasteiger partial charge in [-0.1, -0.05) is 55.3 Å². The maximum Gasteiger partial charge on any atom is 0.234 e. The molecule has 2 aliphatic heterocycles. The van der Waals surface area contributed by atoms with E-state index >= 15 is 0 Å². The highest BCUT2D eigenvalue weighted by molar-refractivity contribution is 6.19. The average Bonchev–Trinajstić information content (AvgIpc) is 3.29. The summed E-state index contributed by atoms with van der Waals surface area (Å²) in [6.45, 7) is 0. The van der Waals surface area contributed by atoms with Crippen molar-refractivity contribution in [3.05, 3.63) is 90.5 Å². The van der Waals surface area contributed by atoms with E-state index in [2.05, 4.69) is 82.3 Å². The molecule has 0 spiro atoms. The molecule has 4 aromatic rings. The number of carbonyl (C=O) groups is 1. The number of rotatable bonds is 1. The molecule has 2 fully saturated rings. The summed E-state index contributed by atoms with van der Waals surface area (Å²) < 4.78 is 8.46. The van der Waals surface area contributed by atoms with Crippen LogP contribution in [-0.2, 0) is 4.79 Å². The van der Waals surface area contributed by atoms with E-state index in [1.54, 1.807) is 0 Å². The van der Waals surface area contributed by atoms with Gasteiger partial charge < -0.3 is 9.32 Å². The molecule has 0 radical (unpaired) electrons. The van der Waals surface area contributed by atoms with Gasteiger partial charge in [-0.15, -0.1) is 0 Å². The lowest BCUT2D eigenvalue weighted by Gasteiger charge is -2.50. The minimum absolute atomic E-state index is 0.0430. The molecule has 3 unspecified atom stereocenters. The van der Waals surface area contributed by atoms with Crippen molar-refractivity contribution in [1.29, 1.82) is 0 Å². The highest BCUT2D eigenvalue weighted by Gasteiger charge is 2.53. The van der Waals surface area contributed by atoms with Crippen molar-refractivity contribution in [3.63, 3.8) is 0 Å². The first-order chi connectivity index (χ1) is 17.3. The second kappa shape index (κ2) is 7.05. The molecule has 1 aromatic heterocycles. The summed E-state index contributed by atoms with van der Waals surface area (Å²) in [5, 5.41) is 2.24. The van der Waals surface area contributed by atoms with E-state index in [-0.39, 0.29) is 18.0 Å². The van der Waals surface area contributed by atoms with E-state index in [0.717, 1.165) is 58.2 Å². The van der Waals surface area contributed by atoms with Gasteiger partial charge in [0, 0.05) is 52.6 Å². The fourth-order valence-corrected chi connectivity index (χ4v) is 6.92. The van der Waals surface area contributed by atoms with E-state index in [9.17, 15) is 4.79 Å². The van der Waals surface area contributed by atoms with Crippen LogP contribution in [0.15, 0.2) is 94.9 Å². The van der Waals surface area contributed by atoms with E-state index in [4.69, 9.17) is 4.42 Å². The molecule has 4 aliphatic rings. The molecule has 0 N–H and O–H groups in total. The monoisotopic (exact) mass is 457 g/mol. The molecule has 2 aliphatic carbocycles. The summed E-state index contributed by atoms with van der Waals surface area (Å²) in [4.78, 5) is 16.3. The van der Waals surface area contributed by atoms with Gasteiger partial charge in [0.05, 0.1) is 0 Å². The number of allylic oxidation sites excluding steroid dienone is 2. The number of carbonyl (C=O) groups excluding carboxylic acids is 1. The van der Waals surface area contributed by atoms with Crippen molar-refractivity contribution >= 4 is 50.5 Å². The highest BCUT2D eigenvalue weighted by Crippen LogP contribution is 2.48. The zero-order chi connectivity index (χ0) is 23.1. The Hall–Kier alpha value is -3.92. The van der Waals surface area contributed by atoms with Gasteiger partial charge in [0.1, 0.15) is 22.9 Å². The van der Waals surface area contributed by atoms with Crippen molar-refractivity contribution in [1.82, 2.24) is 4.58 Å². The normalized spacial score (nSPS) is 24.9. The smallest absolute Gasteiger partial charge is 0.234 e. The van der Waals surface area contributed by atoms with Crippen molar-refractivity contribution in [3.8, 4) is 0 Å². The number of ketones is 1. The first-order valence-electron chi connectivity index (χ1n) is 12.7. The summed E-state index contributed by atoms with van der Waals surface area (Å²) >= 11 is 0. The lowest BCUT2D eigenvalue weighted by Crippen LogP contribution is -2.62. The maximum absolute atomic E-state index is 13.7. The SMILES string of the molecule is O=C1C2=CC=CC3=[N+](c4ccc5oc6ccccc6c5c4)c4ccccc4N(C23)C2CCCCC12. The molecule has 1 saturated carbocycles. The number of anilines is 1. The lowest BCUT2D eigenvalue weighted by molar-refractivity contribution is -0.121. The number of furan rings is 1. The molecule has 4 heteroatoms. The Bertz CT molecular complexity index is 1650. The van der Waals surface area contributed by atoms with Crippen LogP contribution >= 0.6 is 0 Å². The third-order valence-electron chi connectivity index (χ3n) is 8.38. The molecular weight excluding hydrogens is 432 g/mol. The second-order valence-electron chi connectivity index (χ2n) is 10.1. The van der Waals surface area contributed by atoms with E-state index in [1.807, 2.05) is 12.1 Å². The van der Waals surface area contributed by atoms with Gasteiger partial charge in [0.15, 0.2) is 5.78 Å². The molecule has 35 heavy (non-hydrogen) atoms. The van der Waals surface area contributed by atoms with Crippen LogP contribution in [-0.4, -0.2) is 23.6 Å². The minimum Gasteiger partial charge on any atom is -0.456 e. The molecule has 4 nitrogen and oxygen atoms in total. The number of piperidine rings is 1. The van der Waals surface area contributed by atoms with Gasteiger partial charge in [-0.05, 0) is 31.0 Å². The standard InChI is InChI=1S/C31H25N2O2/c34-31-21-9-1-3-11-24(21)33-26-13-5-4-12-25(26)32(27-14-7-10-22(31)30(27)33)19-16-17-29-23(18-19)20-8-2-6-15-28(20)35-29/h2,4-8,10,12-18,21,24,30H,1,3,9,11H2/q+1. The first kappa shape index (κ1) is 19.4. The zero-order valence-corrected chi connectivity index (χ0v) is 19.4. The largest absolute Gasteiger partial charge is 0.456 e. The van der Waals surface area contributed by atoms with Crippen LogP contribution in [0, 0.1) is 5.92 Å². The molecule has 0 amide bonds. The van der Waals surface area contributed by atoms with Gasteiger partial charge in [-0.25, -0.2) is 0 Å². The molecule has 170 valence electrons. The second-order valence-corrected chi connectivity index (χ2v) is 10.1. The van der Waals surface area contributed by atoms with Crippen LogP contribution in [0.4, 0.5) is 17.1 Å². The number of hydrogen-bond acceptors (Lipinski definition) is 3. The van der Waals surface area contributed by atoms with Crippen LogP contribution in [0.3, 0.4) is 0 Å². The summed E-state index contributed by atoms with van der Waals surface area (Å²) in [5.74, 6) is 0.459. The topological polar surface area (TPSA) is 36.5 Å². The number of nitrogens with zero attached hydrogens (tertiary/aromatic N) is 2. The van der Waals surface area contributed by atoms with Crippen LogP contribution < -0.4 is 9.48 Å². The summed E-state index contributed by atoms with van der Waals surface area (Å²) in [5.41, 5.74) is 7.39. The first-order valence-corrected chi connectivity index (χ1v) is 12.7. The minimum atomic E-state index is -0.0430. The number of fused-ring (bicyclic) bond motifs is 7. The van der Waals surface area contributed by atoms with Gasteiger partial charge in [-0.2, -0.15) is 4.58 Å². The number of Topliss-reactive ketones (excluding diaryl/α,β-unsaturated/α-hetero) is 1. The van der Waals surface area contributed by atoms with Crippen molar-refractivity contribution in [2.45, 2.75) is 37.8 Å². The number of para-hydroxylation sites is 3. The van der Waals surface area contributed by atoms with Crippen LogP contribution in [0.1, 0.15) is 25.7 Å². The van der Waals surface area contributed by atoms with Crippen molar-refractivity contribution in [2.24, 2.45) is 5.92 Å². The highest BCUT2D eigenvalue weighted by atomic mass is 16.3. The Morgan fingerprint density at radius 2 is 1.71 bits per heavy atom. The molecule has 8 rings (SSSR count). The van der Waals surface area contributed by atoms with Crippen molar-refractivity contribution in [2.75, 3.05) is 4.90 Å². The van der Waals surface area contributed by atoms with Gasteiger partial charge in [0.2, 0.25) is 17.1 Å². The van der Waals surface area contributed by atoms with E-state index in [1.165, 1.54) is 17.8 Å². The van der Waals surface area contributed by atoms with Crippen LogP contribution in [0.25, 0.3) is 21.9 Å².